The molecule has 28 heavy (non-hydrogen) atoms. The third kappa shape index (κ3) is 4.12. The largest absolute Gasteiger partial charge is 0.478 e. The van der Waals surface area contributed by atoms with Crippen LogP contribution in [0.3, 0.4) is 0 Å². The molecule has 0 aliphatic heterocycles. The van der Waals surface area contributed by atoms with Gasteiger partial charge in [-0.05, 0) is 42.8 Å². The smallest absolute Gasteiger partial charge is 0.338 e. The molecule has 142 valence electrons. The molecule has 2 aromatic carbocycles. The molecular formula is C20H16F2N4O2. The van der Waals surface area contributed by atoms with Crippen LogP contribution in [0.1, 0.15) is 15.9 Å². The summed E-state index contributed by atoms with van der Waals surface area (Å²) in [5.74, 6) is 4.21. The summed E-state index contributed by atoms with van der Waals surface area (Å²) in [6.45, 7) is 1.91. The lowest BCUT2D eigenvalue weighted by molar-refractivity contribution is 0.0696. The Morgan fingerprint density at radius 2 is 1.75 bits per heavy atom. The molecule has 0 atom stereocenters. The number of hydrogen-bond donors (Lipinski definition) is 2. The third-order valence-electron chi connectivity index (χ3n) is 3.98. The van der Waals surface area contributed by atoms with Gasteiger partial charge in [0, 0.05) is 29.5 Å². The maximum absolute atomic E-state index is 12.9. The summed E-state index contributed by atoms with van der Waals surface area (Å²) < 4.78 is 27.2. The number of rotatable bonds is 2. The Balaban J connectivity index is 0.000000167. The normalized spacial score (nSPS) is 10.4. The van der Waals surface area contributed by atoms with E-state index >= 15 is 0 Å². The molecule has 0 fully saturated rings. The number of aromatic nitrogens is 3. The zero-order valence-corrected chi connectivity index (χ0v) is 14.8. The van der Waals surface area contributed by atoms with E-state index in [0.29, 0.717) is 11.4 Å². The molecule has 0 radical (unpaired) electrons. The van der Waals surface area contributed by atoms with E-state index in [0.717, 1.165) is 16.5 Å². The predicted molar refractivity (Wildman–Crippen MR) is 101 cm³/mol. The van der Waals surface area contributed by atoms with E-state index in [9.17, 15) is 13.6 Å². The predicted octanol–water partition coefficient (Wildman–Crippen LogP) is 3.78. The van der Waals surface area contributed by atoms with Crippen molar-refractivity contribution in [1.82, 2.24) is 14.6 Å². The van der Waals surface area contributed by atoms with Crippen LogP contribution in [0.25, 0.3) is 22.3 Å². The van der Waals surface area contributed by atoms with Gasteiger partial charge in [-0.15, -0.1) is 0 Å². The van der Waals surface area contributed by atoms with E-state index in [2.05, 4.69) is 9.97 Å². The fraction of sp³-hybridized carbons (Fsp3) is 0.0500. The minimum absolute atomic E-state index is 0.000142. The highest BCUT2D eigenvalue weighted by Gasteiger charge is 2.06. The molecule has 0 unspecified atom stereocenters. The van der Waals surface area contributed by atoms with Crippen LogP contribution < -0.4 is 5.84 Å². The standard InChI is InChI=1S/C11H7FN2O2.C9H9FN2/c12-9-3-1-2-7(4-9)10-13-5-8(6-14-10)11(15)16;1-6-5-12(11)9-3-2-7(10)4-8(6)9/h1-6H,(H,15,16);2-5H,11H2,1H3. The molecule has 0 bridgehead atoms. The number of carboxylic acid groups (broad SMARTS) is 1. The number of halogens is 2. The van der Waals surface area contributed by atoms with Gasteiger partial charge in [0.1, 0.15) is 11.6 Å². The summed E-state index contributed by atoms with van der Waals surface area (Å²) in [6.07, 6.45) is 4.16. The van der Waals surface area contributed by atoms with Crippen molar-refractivity contribution in [3.05, 3.63) is 83.8 Å². The average Bonchev–Trinajstić information content (AvgIpc) is 2.95. The molecule has 8 heteroatoms. The molecular weight excluding hydrogens is 366 g/mol. The Kier molecular flexibility index (Phi) is 5.30. The van der Waals surface area contributed by atoms with Crippen molar-refractivity contribution in [2.45, 2.75) is 6.92 Å². The molecule has 0 aliphatic rings. The summed E-state index contributed by atoms with van der Waals surface area (Å²) >= 11 is 0. The van der Waals surface area contributed by atoms with Crippen molar-refractivity contribution >= 4 is 16.9 Å². The number of hydrogen-bond acceptors (Lipinski definition) is 4. The van der Waals surface area contributed by atoms with Gasteiger partial charge in [-0.2, -0.15) is 0 Å². The molecule has 0 saturated carbocycles. The lowest BCUT2D eigenvalue weighted by Crippen LogP contribution is -2.04. The van der Waals surface area contributed by atoms with E-state index in [1.54, 1.807) is 24.4 Å². The Bertz CT molecular complexity index is 1140. The molecule has 6 nitrogen and oxygen atoms in total. The van der Waals surface area contributed by atoms with Gasteiger partial charge in [0.15, 0.2) is 5.82 Å². The molecule has 4 aromatic rings. The topological polar surface area (TPSA) is 94.0 Å². The Hall–Kier alpha value is -3.81. The van der Waals surface area contributed by atoms with Crippen LogP contribution in [0.5, 0.6) is 0 Å². The molecule has 0 spiro atoms. The minimum atomic E-state index is -1.09. The molecule has 0 saturated heterocycles. The second-order valence-corrected chi connectivity index (χ2v) is 5.99. The first kappa shape index (κ1) is 19.0. The first-order chi connectivity index (χ1) is 13.3. The number of carboxylic acids is 1. The van der Waals surface area contributed by atoms with Crippen LogP contribution in [0, 0.1) is 18.6 Å². The highest BCUT2D eigenvalue weighted by atomic mass is 19.1. The van der Waals surface area contributed by atoms with Gasteiger partial charge in [0.25, 0.3) is 0 Å². The van der Waals surface area contributed by atoms with Crippen LogP contribution in [-0.4, -0.2) is 25.7 Å². The summed E-state index contributed by atoms with van der Waals surface area (Å²) in [7, 11) is 0. The molecule has 0 amide bonds. The van der Waals surface area contributed by atoms with Gasteiger partial charge in [-0.3, -0.25) is 4.68 Å². The maximum atomic E-state index is 12.9. The van der Waals surface area contributed by atoms with Crippen molar-refractivity contribution in [3.63, 3.8) is 0 Å². The van der Waals surface area contributed by atoms with E-state index in [-0.39, 0.29) is 17.2 Å². The van der Waals surface area contributed by atoms with Gasteiger partial charge in [-0.1, -0.05) is 12.1 Å². The number of nitrogens with zero attached hydrogens (tertiary/aromatic N) is 3. The summed E-state index contributed by atoms with van der Waals surface area (Å²) in [5.41, 5.74) is 2.36. The SMILES string of the molecule is Cc1cn(N)c2ccc(F)cc12.O=C(O)c1cnc(-c2cccc(F)c2)nc1. The van der Waals surface area contributed by atoms with Crippen molar-refractivity contribution in [2.24, 2.45) is 0 Å². The fourth-order valence-corrected chi connectivity index (χ4v) is 2.61. The number of nitrogen functional groups attached to an aromatic ring is 1. The van der Waals surface area contributed by atoms with Gasteiger partial charge in [-0.25, -0.2) is 23.5 Å². The van der Waals surface area contributed by atoms with Crippen LogP contribution in [-0.2, 0) is 0 Å². The van der Waals surface area contributed by atoms with Crippen molar-refractivity contribution in [2.75, 3.05) is 5.84 Å². The molecule has 2 aromatic heterocycles. The second kappa shape index (κ2) is 7.83. The number of carbonyl (C=O) groups is 1. The van der Waals surface area contributed by atoms with Crippen molar-refractivity contribution in [3.8, 4) is 11.4 Å². The van der Waals surface area contributed by atoms with Crippen LogP contribution in [0.15, 0.2) is 61.1 Å². The Morgan fingerprint density at radius 3 is 2.39 bits per heavy atom. The first-order valence-electron chi connectivity index (χ1n) is 8.18. The lowest BCUT2D eigenvalue weighted by atomic mass is 10.2. The van der Waals surface area contributed by atoms with Crippen LogP contribution in [0.4, 0.5) is 8.78 Å². The number of aryl methyl sites for hydroxylation is 1. The third-order valence-corrected chi connectivity index (χ3v) is 3.98. The van der Waals surface area contributed by atoms with Crippen molar-refractivity contribution in [1.29, 1.82) is 0 Å². The van der Waals surface area contributed by atoms with E-state index < -0.39 is 5.97 Å². The molecule has 3 N–H and O–H groups in total. The van der Waals surface area contributed by atoms with E-state index in [1.165, 1.54) is 41.3 Å². The summed E-state index contributed by atoms with van der Waals surface area (Å²) in [4.78, 5) is 18.3. The van der Waals surface area contributed by atoms with E-state index in [4.69, 9.17) is 10.9 Å². The second-order valence-electron chi connectivity index (χ2n) is 5.99. The number of nitrogens with two attached hydrogens (primary N) is 1. The monoisotopic (exact) mass is 382 g/mol. The van der Waals surface area contributed by atoms with Crippen LogP contribution >= 0.6 is 0 Å². The van der Waals surface area contributed by atoms with Crippen molar-refractivity contribution < 1.29 is 18.7 Å². The minimum Gasteiger partial charge on any atom is -0.478 e. The highest BCUT2D eigenvalue weighted by molar-refractivity contribution is 5.87. The first-order valence-corrected chi connectivity index (χ1v) is 8.18. The van der Waals surface area contributed by atoms with Gasteiger partial charge in [0.05, 0.1) is 11.1 Å². The molecule has 4 rings (SSSR count). The van der Waals surface area contributed by atoms with Gasteiger partial charge < -0.3 is 10.9 Å². The number of aromatic carboxylic acids is 1. The van der Waals surface area contributed by atoms with Crippen LogP contribution in [0.2, 0.25) is 0 Å². The average molecular weight is 382 g/mol. The zero-order valence-electron chi connectivity index (χ0n) is 14.8. The quantitative estimate of drug-likeness (QED) is 0.515. The highest BCUT2D eigenvalue weighted by Crippen LogP contribution is 2.19. The molecule has 0 aliphatic carbocycles. The summed E-state index contributed by atoms with van der Waals surface area (Å²) in [6, 6.07) is 10.4. The Labute approximate surface area is 158 Å². The molecule has 2 heterocycles. The number of fused-ring (bicyclic) bond motifs is 1. The zero-order chi connectivity index (χ0) is 20.3. The Morgan fingerprint density at radius 1 is 1.07 bits per heavy atom. The van der Waals surface area contributed by atoms with Gasteiger partial charge >= 0.3 is 5.97 Å². The summed E-state index contributed by atoms with van der Waals surface area (Å²) in [5, 5.41) is 9.52. The lowest BCUT2D eigenvalue weighted by Gasteiger charge is -2.00. The maximum Gasteiger partial charge on any atom is 0.338 e. The fourth-order valence-electron chi connectivity index (χ4n) is 2.61. The van der Waals surface area contributed by atoms with Gasteiger partial charge in [0.2, 0.25) is 0 Å². The number of benzene rings is 2. The van der Waals surface area contributed by atoms with E-state index in [1.807, 2.05) is 6.92 Å².